The highest BCUT2D eigenvalue weighted by Gasteiger charge is 2.21. The van der Waals surface area contributed by atoms with Gasteiger partial charge in [0.05, 0.1) is 19.7 Å². The minimum absolute atomic E-state index is 0.689. The van der Waals surface area contributed by atoms with Gasteiger partial charge in [0.2, 0.25) is 0 Å². The summed E-state index contributed by atoms with van der Waals surface area (Å²) in [5, 5.41) is 4.29. The summed E-state index contributed by atoms with van der Waals surface area (Å²) < 4.78 is 7.94. The van der Waals surface area contributed by atoms with Crippen molar-refractivity contribution in [3.63, 3.8) is 0 Å². The van der Waals surface area contributed by atoms with Crippen molar-refractivity contribution >= 4 is 11.6 Å². The fourth-order valence-corrected chi connectivity index (χ4v) is 3.08. The van der Waals surface area contributed by atoms with E-state index in [0.29, 0.717) is 6.04 Å². The molecule has 1 fully saturated rings. The highest BCUT2D eigenvalue weighted by Crippen LogP contribution is 2.33. The third-order valence-electron chi connectivity index (χ3n) is 4.09. The molecule has 21 heavy (non-hydrogen) atoms. The number of ether oxygens (including phenoxy) is 1. The van der Waals surface area contributed by atoms with E-state index in [0.717, 1.165) is 48.3 Å². The summed E-state index contributed by atoms with van der Waals surface area (Å²) in [6.45, 7) is 2.33. The monoisotopic (exact) mass is 303 g/mol. The molecule has 1 aliphatic carbocycles. The second kappa shape index (κ2) is 5.35. The minimum atomic E-state index is 0.689. The van der Waals surface area contributed by atoms with Crippen LogP contribution in [0.2, 0.25) is 5.02 Å². The maximum Gasteiger partial charge on any atom is 0.127 e. The first kappa shape index (κ1) is 13.2. The number of nitrogens with zero attached hydrogens (tertiary/aromatic N) is 2. The Labute approximate surface area is 129 Å². The lowest BCUT2D eigenvalue weighted by Gasteiger charge is -2.12. The molecule has 0 saturated heterocycles. The number of nitrogens with one attached hydrogen (secondary N) is 1. The molecule has 0 unspecified atom stereocenters. The average Bonchev–Trinajstić information content (AvgIpc) is 2.99. The molecule has 0 amide bonds. The lowest BCUT2D eigenvalue weighted by Crippen LogP contribution is -2.19. The van der Waals surface area contributed by atoms with Crippen LogP contribution in [0.5, 0.6) is 5.75 Å². The van der Waals surface area contributed by atoms with E-state index in [-0.39, 0.29) is 0 Å². The molecule has 1 aromatic carbocycles. The van der Waals surface area contributed by atoms with E-state index in [4.69, 9.17) is 16.3 Å². The molecule has 4 rings (SSSR count). The van der Waals surface area contributed by atoms with Gasteiger partial charge in [-0.25, -0.2) is 4.98 Å². The van der Waals surface area contributed by atoms with Gasteiger partial charge in [-0.1, -0.05) is 11.6 Å². The van der Waals surface area contributed by atoms with Gasteiger partial charge in [-0.2, -0.15) is 0 Å². The molecule has 0 spiro atoms. The van der Waals surface area contributed by atoms with Crippen LogP contribution >= 0.6 is 11.6 Å². The molecule has 2 aliphatic rings. The third-order valence-corrected chi connectivity index (χ3v) is 4.31. The zero-order valence-electron chi connectivity index (χ0n) is 11.8. The number of halogens is 1. The Morgan fingerprint density at radius 1 is 1.38 bits per heavy atom. The Morgan fingerprint density at radius 2 is 2.29 bits per heavy atom. The first-order chi connectivity index (χ1) is 10.3. The molecule has 1 saturated carbocycles. The lowest BCUT2D eigenvalue weighted by atomic mass is 10.1. The molecule has 1 N–H and O–H groups in total. The summed E-state index contributed by atoms with van der Waals surface area (Å²) in [6, 6.07) is 4.70. The van der Waals surface area contributed by atoms with Crippen molar-refractivity contribution in [3.05, 3.63) is 46.5 Å². The predicted molar refractivity (Wildman–Crippen MR) is 81.8 cm³/mol. The molecular formula is C16H18ClN3O. The number of rotatable bonds is 5. The van der Waals surface area contributed by atoms with Crippen molar-refractivity contribution < 1.29 is 4.74 Å². The van der Waals surface area contributed by atoms with Crippen molar-refractivity contribution in [3.8, 4) is 5.75 Å². The van der Waals surface area contributed by atoms with Gasteiger partial charge >= 0.3 is 0 Å². The topological polar surface area (TPSA) is 39.1 Å². The molecule has 2 heterocycles. The average molecular weight is 304 g/mol. The van der Waals surface area contributed by atoms with Crippen molar-refractivity contribution in [1.82, 2.24) is 14.9 Å². The largest absolute Gasteiger partial charge is 0.493 e. The van der Waals surface area contributed by atoms with E-state index < -0.39 is 0 Å². The molecule has 0 atom stereocenters. The van der Waals surface area contributed by atoms with Crippen LogP contribution in [-0.2, 0) is 19.5 Å². The van der Waals surface area contributed by atoms with Crippen molar-refractivity contribution in [1.29, 1.82) is 0 Å². The van der Waals surface area contributed by atoms with E-state index in [2.05, 4.69) is 14.9 Å². The maximum absolute atomic E-state index is 6.23. The molecule has 110 valence electrons. The molecule has 1 aromatic heterocycles. The number of hydrogen-bond donors (Lipinski definition) is 1. The fraction of sp³-hybridized carbons (Fsp3) is 0.438. The van der Waals surface area contributed by atoms with E-state index in [9.17, 15) is 0 Å². The number of benzene rings is 1. The van der Waals surface area contributed by atoms with Crippen LogP contribution in [0.3, 0.4) is 0 Å². The lowest BCUT2D eigenvalue weighted by molar-refractivity contribution is 0.352. The smallest absolute Gasteiger partial charge is 0.127 e. The maximum atomic E-state index is 6.23. The van der Waals surface area contributed by atoms with E-state index >= 15 is 0 Å². The van der Waals surface area contributed by atoms with Gasteiger partial charge in [-0.05, 0) is 30.5 Å². The quantitative estimate of drug-likeness (QED) is 0.923. The zero-order chi connectivity index (χ0) is 14.2. The molecule has 2 aromatic rings. The molecule has 0 radical (unpaired) electrons. The van der Waals surface area contributed by atoms with Crippen LogP contribution in [0, 0.1) is 0 Å². The normalized spacial score (nSPS) is 16.8. The van der Waals surface area contributed by atoms with Gasteiger partial charge in [-0.15, -0.1) is 0 Å². The van der Waals surface area contributed by atoms with Gasteiger partial charge in [0.25, 0.3) is 0 Å². The third kappa shape index (κ3) is 2.78. The standard InChI is InChI=1S/C16H18ClN3O/c17-13-7-11-3-6-21-16(11)12(8-13)10-20-5-4-18-15(20)9-19-14-1-2-14/h4-5,7-8,14,19H,1-3,6,9-10H2. The molecule has 0 bridgehead atoms. The van der Waals surface area contributed by atoms with Gasteiger partial charge in [0, 0.05) is 35.4 Å². The molecule has 5 heteroatoms. The Bertz CT molecular complexity index is 664. The van der Waals surface area contributed by atoms with Crippen molar-refractivity contribution in [2.75, 3.05) is 6.61 Å². The zero-order valence-corrected chi connectivity index (χ0v) is 12.6. The summed E-state index contributed by atoms with van der Waals surface area (Å²) in [6.07, 6.45) is 7.40. The summed E-state index contributed by atoms with van der Waals surface area (Å²) in [5.41, 5.74) is 2.36. The molecule has 1 aliphatic heterocycles. The van der Waals surface area contributed by atoms with Crippen LogP contribution in [0.25, 0.3) is 0 Å². The second-order valence-corrected chi connectivity index (χ2v) is 6.21. The summed E-state index contributed by atoms with van der Waals surface area (Å²) in [7, 11) is 0. The van der Waals surface area contributed by atoms with E-state index in [1.165, 1.54) is 18.4 Å². The first-order valence-electron chi connectivity index (χ1n) is 7.47. The van der Waals surface area contributed by atoms with Gasteiger partial charge in [-0.3, -0.25) is 0 Å². The number of aromatic nitrogens is 2. The number of hydrogen-bond acceptors (Lipinski definition) is 3. The van der Waals surface area contributed by atoms with E-state index in [1.807, 2.05) is 24.5 Å². The highest BCUT2D eigenvalue weighted by atomic mass is 35.5. The summed E-state index contributed by atoms with van der Waals surface area (Å²) in [4.78, 5) is 4.45. The fourth-order valence-electron chi connectivity index (χ4n) is 2.82. The van der Waals surface area contributed by atoms with Crippen LogP contribution in [0.4, 0.5) is 0 Å². The minimum Gasteiger partial charge on any atom is -0.493 e. The number of imidazole rings is 1. The van der Waals surface area contributed by atoms with Crippen LogP contribution in [0.15, 0.2) is 24.5 Å². The molecular weight excluding hydrogens is 286 g/mol. The summed E-state index contributed by atoms with van der Waals surface area (Å²) >= 11 is 6.23. The van der Waals surface area contributed by atoms with Gasteiger partial charge < -0.3 is 14.6 Å². The Kier molecular flexibility index (Phi) is 3.36. The van der Waals surface area contributed by atoms with Crippen LogP contribution < -0.4 is 10.1 Å². The Morgan fingerprint density at radius 3 is 3.14 bits per heavy atom. The van der Waals surface area contributed by atoms with Gasteiger partial charge in [0.15, 0.2) is 0 Å². The van der Waals surface area contributed by atoms with Crippen molar-refractivity contribution in [2.45, 2.75) is 38.4 Å². The molecule has 4 nitrogen and oxygen atoms in total. The highest BCUT2D eigenvalue weighted by molar-refractivity contribution is 6.30. The van der Waals surface area contributed by atoms with Crippen LogP contribution in [-0.4, -0.2) is 22.2 Å². The second-order valence-electron chi connectivity index (χ2n) is 5.78. The van der Waals surface area contributed by atoms with Crippen LogP contribution in [0.1, 0.15) is 29.8 Å². The first-order valence-corrected chi connectivity index (χ1v) is 7.85. The Hall–Kier alpha value is -1.52. The van der Waals surface area contributed by atoms with Crippen molar-refractivity contribution in [2.24, 2.45) is 0 Å². The van der Waals surface area contributed by atoms with E-state index in [1.54, 1.807) is 0 Å². The summed E-state index contributed by atoms with van der Waals surface area (Å²) in [5.74, 6) is 2.07. The Balaban J connectivity index is 1.57. The van der Waals surface area contributed by atoms with Gasteiger partial charge in [0.1, 0.15) is 11.6 Å². The SMILES string of the molecule is Clc1cc2c(c(Cn3ccnc3CNC3CC3)c1)OCC2. The number of fused-ring (bicyclic) bond motifs is 1. The predicted octanol–water partition coefficient (Wildman–Crippen LogP) is 2.77.